The average Bonchev–Trinajstić information content (AvgIpc) is 3.12. The van der Waals surface area contributed by atoms with E-state index in [1.165, 1.54) is 0 Å². The summed E-state index contributed by atoms with van der Waals surface area (Å²) >= 11 is 6.11. The standard InChI is InChI=1S/C21H23ClN4O3/c1-25(2)21-17(14-5-8-16(28-3)9-6-14)12-26(24-21)13-20(27)23-15-7-10-19(29-4)18(22)11-15/h5-12H,13H2,1-4H3,(H,23,27). The van der Waals surface area contributed by atoms with Crippen LogP contribution in [0.25, 0.3) is 11.1 Å². The van der Waals surface area contributed by atoms with Crippen LogP contribution in [0.15, 0.2) is 48.7 Å². The minimum Gasteiger partial charge on any atom is -0.497 e. The highest BCUT2D eigenvalue weighted by Gasteiger charge is 2.15. The third-order valence-corrected chi connectivity index (χ3v) is 4.60. The lowest BCUT2D eigenvalue weighted by Gasteiger charge is -2.11. The smallest absolute Gasteiger partial charge is 0.246 e. The molecule has 8 heteroatoms. The summed E-state index contributed by atoms with van der Waals surface area (Å²) in [4.78, 5) is 14.4. The number of nitrogens with zero attached hydrogens (tertiary/aromatic N) is 3. The third-order valence-electron chi connectivity index (χ3n) is 4.31. The second kappa shape index (κ2) is 8.87. The van der Waals surface area contributed by atoms with Gasteiger partial charge in [0.05, 0.1) is 19.2 Å². The Kier molecular flexibility index (Phi) is 6.29. The lowest BCUT2D eigenvalue weighted by Crippen LogP contribution is -2.19. The number of rotatable bonds is 7. The van der Waals surface area contributed by atoms with Crippen LogP contribution in [0.5, 0.6) is 11.5 Å². The average molecular weight is 415 g/mol. The van der Waals surface area contributed by atoms with Gasteiger partial charge in [-0.3, -0.25) is 9.48 Å². The van der Waals surface area contributed by atoms with Gasteiger partial charge in [-0.25, -0.2) is 0 Å². The summed E-state index contributed by atoms with van der Waals surface area (Å²) in [5.41, 5.74) is 2.51. The van der Waals surface area contributed by atoms with Gasteiger partial charge in [-0.05, 0) is 35.9 Å². The molecule has 1 amide bonds. The predicted octanol–water partition coefficient (Wildman–Crippen LogP) is 3.93. The van der Waals surface area contributed by atoms with E-state index in [2.05, 4.69) is 10.4 Å². The largest absolute Gasteiger partial charge is 0.497 e. The van der Waals surface area contributed by atoms with E-state index < -0.39 is 0 Å². The van der Waals surface area contributed by atoms with E-state index in [0.717, 1.165) is 22.7 Å². The Labute approximate surface area is 174 Å². The zero-order valence-corrected chi connectivity index (χ0v) is 17.5. The van der Waals surface area contributed by atoms with E-state index in [1.807, 2.05) is 49.5 Å². The van der Waals surface area contributed by atoms with Crippen molar-refractivity contribution in [2.24, 2.45) is 0 Å². The van der Waals surface area contributed by atoms with E-state index >= 15 is 0 Å². The summed E-state index contributed by atoms with van der Waals surface area (Å²) in [5.74, 6) is 1.90. The number of carbonyl (C=O) groups is 1. The van der Waals surface area contributed by atoms with Crippen LogP contribution in [-0.2, 0) is 11.3 Å². The zero-order chi connectivity index (χ0) is 21.0. The van der Waals surface area contributed by atoms with Crippen molar-refractivity contribution in [2.75, 3.05) is 38.5 Å². The molecule has 152 valence electrons. The highest BCUT2D eigenvalue weighted by molar-refractivity contribution is 6.32. The highest BCUT2D eigenvalue weighted by Crippen LogP contribution is 2.30. The van der Waals surface area contributed by atoms with Crippen molar-refractivity contribution in [2.45, 2.75) is 6.54 Å². The third kappa shape index (κ3) is 4.81. The first-order valence-electron chi connectivity index (χ1n) is 8.94. The van der Waals surface area contributed by atoms with Gasteiger partial charge in [0, 0.05) is 31.5 Å². The van der Waals surface area contributed by atoms with Crippen LogP contribution in [0.1, 0.15) is 0 Å². The van der Waals surface area contributed by atoms with Crippen LogP contribution in [-0.4, -0.2) is 44.0 Å². The molecule has 0 saturated heterocycles. The quantitative estimate of drug-likeness (QED) is 0.634. The number of anilines is 2. The van der Waals surface area contributed by atoms with Gasteiger partial charge in [0.15, 0.2) is 5.82 Å². The maximum Gasteiger partial charge on any atom is 0.246 e. The van der Waals surface area contributed by atoms with Gasteiger partial charge in [0.1, 0.15) is 18.0 Å². The Hall–Kier alpha value is -3.19. The molecule has 0 radical (unpaired) electrons. The molecule has 0 unspecified atom stereocenters. The van der Waals surface area contributed by atoms with Crippen LogP contribution in [0.3, 0.4) is 0 Å². The molecule has 3 aromatic rings. The normalized spacial score (nSPS) is 10.5. The number of aromatic nitrogens is 2. The molecule has 0 aliphatic carbocycles. The second-order valence-electron chi connectivity index (χ2n) is 6.58. The lowest BCUT2D eigenvalue weighted by atomic mass is 10.1. The van der Waals surface area contributed by atoms with Crippen molar-refractivity contribution < 1.29 is 14.3 Å². The van der Waals surface area contributed by atoms with E-state index in [4.69, 9.17) is 21.1 Å². The van der Waals surface area contributed by atoms with Gasteiger partial charge in [-0.1, -0.05) is 23.7 Å². The Morgan fingerprint density at radius 1 is 1.14 bits per heavy atom. The monoisotopic (exact) mass is 414 g/mol. The molecule has 0 aliphatic heterocycles. The minimum absolute atomic E-state index is 0.0701. The molecular weight excluding hydrogens is 392 g/mol. The summed E-state index contributed by atoms with van der Waals surface area (Å²) in [7, 11) is 7.01. The second-order valence-corrected chi connectivity index (χ2v) is 6.99. The maximum absolute atomic E-state index is 12.5. The van der Waals surface area contributed by atoms with Crippen molar-refractivity contribution in [1.82, 2.24) is 9.78 Å². The predicted molar refractivity (Wildman–Crippen MR) is 115 cm³/mol. The Morgan fingerprint density at radius 2 is 1.86 bits per heavy atom. The minimum atomic E-state index is -0.208. The van der Waals surface area contributed by atoms with Gasteiger partial charge in [-0.15, -0.1) is 0 Å². The van der Waals surface area contributed by atoms with Crippen molar-refractivity contribution in [1.29, 1.82) is 0 Å². The van der Waals surface area contributed by atoms with E-state index in [1.54, 1.807) is 37.1 Å². The van der Waals surface area contributed by atoms with Gasteiger partial charge in [0.2, 0.25) is 5.91 Å². The van der Waals surface area contributed by atoms with Crippen LogP contribution < -0.4 is 19.7 Å². The molecule has 0 aliphatic rings. The summed E-state index contributed by atoms with van der Waals surface area (Å²) in [6.07, 6.45) is 1.86. The SMILES string of the molecule is COc1ccc(-c2cn(CC(=O)Nc3ccc(OC)c(Cl)c3)nc2N(C)C)cc1. The van der Waals surface area contributed by atoms with Crippen molar-refractivity contribution >= 4 is 29.0 Å². The van der Waals surface area contributed by atoms with E-state index in [0.29, 0.717) is 16.5 Å². The summed E-state index contributed by atoms with van der Waals surface area (Å²) < 4.78 is 12.0. The first-order chi connectivity index (χ1) is 13.9. The number of halogens is 1. The number of ether oxygens (including phenoxy) is 2. The van der Waals surface area contributed by atoms with Crippen LogP contribution in [0, 0.1) is 0 Å². The van der Waals surface area contributed by atoms with E-state index in [9.17, 15) is 4.79 Å². The topological polar surface area (TPSA) is 68.6 Å². The molecule has 29 heavy (non-hydrogen) atoms. The number of nitrogens with one attached hydrogen (secondary N) is 1. The highest BCUT2D eigenvalue weighted by atomic mass is 35.5. The number of benzene rings is 2. The molecule has 0 atom stereocenters. The number of amides is 1. The van der Waals surface area contributed by atoms with E-state index in [-0.39, 0.29) is 12.5 Å². The molecule has 0 bridgehead atoms. The molecule has 1 N–H and O–H groups in total. The number of carbonyl (C=O) groups excluding carboxylic acids is 1. The van der Waals surface area contributed by atoms with Gasteiger partial charge >= 0.3 is 0 Å². The molecule has 1 heterocycles. The first-order valence-corrected chi connectivity index (χ1v) is 9.31. The van der Waals surface area contributed by atoms with Crippen LogP contribution in [0.4, 0.5) is 11.5 Å². The van der Waals surface area contributed by atoms with Gasteiger partial charge in [0.25, 0.3) is 0 Å². The van der Waals surface area contributed by atoms with Crippen molar-refractivity contribution in [3.8, 4) is 22.6 Å². The fourth-order valence-corrected chi connectivity index (χ4v) is 3.15. The molecule has 0 spiro atoms. The molecule has 3 rings (SSSR count). The molecule has 0 fully saturated rings. The Balaban J connectivity index is 1.78. The molecule has 1 aromatic heterocycles. The summed E-state index contributed by atoms with van der Waals surface area (Å²) in [6.45, 7) is 0.0701. The van der Waals surface area contributed by atoms with Crippen molar-refractivity contribution in [3.63, 3.8) is 0 Å². The Bertz CT molecular complexity index is 1000. The molecule has 7 nitrogen and oxygen atoms in total. The lowest BCUT2D eigenvalue weighted by molar-refractivity contribution is -0.116. The van der Waals surface area contributed by atoms with Crippen LogP contribution in [0.2, 0.25) is 5.02 Å². The first kappa shape index (κ1) is 20.5. The summed E-state index contributed by atoms with van der Waals surface area (Å²) in [6, 6.07) is 12.8. The van der Waals surface area contributed by atoms with Crippen LogP contribution >= 0.6 is 11.6 Å². The van der Waals surface area contributed by atoms with Gasteiger partial charge in [-0.2, -0.15) is 5.10 Å². The number of methoxy groups -OCH3 is 2. The van der Waals surface area contributed by atoms with Gasteiger partial charge < -0.3 is 19.7 Å². The number of hydrogen-bond acceptors (Lipinski definition) is 5. The summed E-state index contributed by atoms with van der Waals surface area (Å²) in [5, 5.41) is 7.82. The van der Waals surface area contributed by atoms with Crippen molar-refractivity contribution in [3.05, 3.63) is 53.7 Å². The number of hydrogen-bond donors (Lipinski definition) is 1. The fourth-order valence-electron chi connectivity index (χ4n) is 2.89. The molecule has 0 saturated carbocycles. The fraction of sp³-hybridized carbons (Fsp3) is 0.238. The maximum atomic E-state index is 12.5. The molecule has 2 aromatic carbocycles. The zero-order valence-electron chi connectivity index (χ0n) is 16.8. The molecular formula is C21H23ClN4O3. The Morgan fingerprint density at radius 3 is 2.45 bits per heavy atom.